The molecule has 0 aliphatic heterocycles. The second kappa shape index (κ2) is 10.1. The average Bonchev–Trinajstić information content (AvgIpc) is 2.75. The monoisotopic (exact) mass is 438 g/mol. The Hall–Kier alpha value is -3.32. The van der Waals surface area contributed by atoms with E-state index in [9.17, 15) is 13.2 Å². The Labute approximate surface area is 183 Å². The van der Waals surface area contributed by atoms with Gasteiger partial charge in [0, 0.05) is 0 Å². The molecule has 31 heavy (non-hydrogen) atoms. The summed E-state index contributed by atoms with van der Waals surface area (Å²) in [5.41, 5.74) is 2.55. The number of rotatable bonds is 9. The van der Waals surface area contributed by atoms with Gasteiger partial charge in [-0.1, -0.05) is 54.6 Å². The summed E-state index contributed by atoms with van der Waals surface area (Å²) in [7, 11) is -3.61. The van der Waals surface area contributed by atoms with Crippen LogP contribution in [0.5, 0.6) is 5.75 Å². The Morgan fingerprint density at radius 3 is 2.39 bits per heavy atom. The maximum Gasteiger partial charge on any atom is 0.253 e. The van der Waals surface area contributed by atoms with E-state index in [1.165, 1.54) is 4.31 Å². The molecule has 0 unspecified atom stereocenters. The molecule has 3 aromatic rings. The van der Waals surface area contributed by atoms with E-state index in [1.54, 1.807) is 24.3 Å². The van der Waals surface area contributed by atoms with Crippen LogP contribution in [0.1, 0.15) is 21.5 Å². The topological polar surface area (TPSA) is 75.7 Å². The van der Waals surface area contributed by atoms with E-state index in [2.05, 4.69) is 5.32 Å². The van der Waals surface area contributed by atoms with E-state index < -0.39 is 10.0 Å². The number of ether oxygens (including phenoxy) is 1. The smallest absolute Gasteiger partial charge is 0.253 e. The number of nitrogens with one attached hydrogen (secondary N) is 1. The first-order valence-corrected chi connectivity index (χ1v) is 11.8. The zero-order chi connectivity index (χ0) is 22.3. The standard InChI is InChI=1S/C24H26N2O4S/c1-19-9-8-12-21(17-19)30-16-15-25-24(27)22-13-6-7-14-23(22)26(31(2,28)29)18-20-10-4-3-5-11-20/h3-14,17H,15-16,18H2,1-2H3,(H,25,27). The number of sulfonamides is 1. The minimum atomic E-state index is -3.61. The third-order valence-electron chi connectivity index (χ3n) is 4.63. The first-order chi connectivity index (χ1) is 14.8. The number of amides is 1. The highest BCUT2D eigenvalue weighted by molar-refractivity contribution is 7.92. The highest BCUT2D eigenvalue weighted by Crippen LogP contribution is 2.25. The maximum absolute atomic E-state index is 12.8. The molecule has 3 aromatic carbocycles. The molecule has 1 amide bonds. The van der Waals surface area contributed by atoms with E-state index in [4.69, 9.17) is 4.74 Å². The molecule has 0 saturated carbocycles. The molecule has 162 valence electrons. The Morgan fingerprint density at radius 2 is 1.68 bits per heavy atom. The molecule has 0 heterocycles. The van der Waals surface area contributed by atoms with Gasteiger partial charge < -0.3 is 10.1 Å². The highest BCUT2D eigenvalue weighted by Gasteiger charge is 2.23. The van der Waals surface area contributed by atoms with Gasteiger partial charge in [-0.05, 0) is 42.3 Å². The summed E-state index contributed by atoms with van der Waals surface area (Å²) in [6, 6.07) is 23.6. The molecule has 0 atom stereocenters. The lowest BCUT2D eigenvalue weighted by molar-refractivity contribution is 0.0947. The molecular formula is C24H26N2O4S. The summed E-state index contributed by atoms with van der Waals surface area (Å²) in [4.78, 5) is 12.8. The van der Waals surface area contributed by atoms with Gasteiger partial charge in [0.05, 0.1) is 30.6 Å². The number of anilines is 1. The van der Waals surface area contributed by atoms with Gasteiger partial charge in [-0.25, -0.2) is 8.42 Å². The van der Waals surface area contributed by atoms with Crippen LogP contribution in [0.15, 0.2) is 78.9 Å². The normalized spacial score (nSPS) is 11.0. The minimum absolute atomic E-state index is 0.139. The molecule has 0 spiro atoms. The Morgan fingerprint density at radius 1 is 0.968 bits per heavy atom. The van der Waals surface area contributed by atoms with Crippen molar-refractivity contribution >= 4 is 21.6 Å². The summed E-state index contributed by atoms with van der Waals surface area (Å²) >= 11 is 0. The van der Waals surface area contributed by atoms with Gasteiger partial charge in [-0.15, -0.1) is 0 Å². The zero-order valence-corrected chi connectivity index (χ0v) is 18.4. The number of para-hydroxylation sites is 1. The van der Waals surface area contributed by atoms with E-state index >= 15 is 0 Å². The second-order valence-electron chi connectivity index (χ2n) is 7.19. The van der Waals surface area contributed by atoms with Crippen molar-refractivity contribution in [1.29, 1.82) is 0 Å². The van der Waals surface area contributed by atoms with Crippen LogP contribution in [0.3, 0.4) is 0 Å². The molecule has 0 bridgehead atoms. The molecule has 3 rings (SSSR count). The third-order valence-corrected chi connectivity index (χ3v) is 5.76. The zero-order valence-electron chi connectivity index (χ0n) is 17.6. The number of nitrogens with zero attached hydrogens (tertiary/aromatic N) is 1. The van der Waals surface area contributed by atoms with Crippen LogP contribution < -0.4 is 14.4 Å². The second-order valence-corrected chi connectivity index (χ2v) is 9.10. The van der Waals surface area contributed by atoms with E-state index in [-0.39, 0.29) is 12.5 Å². The van der Waals surface area contributed by atoms with Crippen molar-refractivity contribution in [2.24, 2.45) is 0 Å². The van der Waals surface area contributed by atoms with Crippen LogP contribution in [-0.4, -0.2) is 33.7 Å². The first kappa shape index (κ1) is 22.4. The maximum atomic E-state index is 12.8. The molecule has 1 N–H and O–H groups in total. The molecular weight excluding hydrogens is 412 g/mol. The minimum Gasteiger partial charge on any atom is -0.492 e. The summed E-state index contributed by atoms with van der Waals surface area (Å²) in [6.07, 6.45) is 1.14. The first-order valence-electron chi connectivity index (χ1n) is 9.93. The summed E-state index contributed by atoms with van der Waals surface area (Å²) in [5.74, 6) is 0.380. The number of carbonyl (C=O) groups is 1. The summed E-state index contributed by atoms with van der Waals surface area (Å²) in [5, 5.41) is 2.81. The molecule has 0 aliphatic carbocycles. The number of hydrogen-bond acceptors (Lipinski definition) is 4. The molecule has 0 saturated heterocycles. The van der Waals surface area contributed by atoms with Crippen molar-refractivity contribution in [1.82, 2.24) is 5.32 Å². The van der Waals surface area contributed by atoms with Gasteiger partial charge in [-0.2, -0.15) is 0 Å². The van der Waals surface area contributed by atoms with Gasteiger partial charge in [-0.3, -0.25) is 9.10 Å². The van der Waals surface area contributed by atoms with Crippen LogP contribution in [0.4, 0.5) is 5.69 Å². The number of aryl methyl sites for hydroxylation is 1. The fourth-order valence-corrected chi connectivity index (χ4v) is 4.05. The van der Waals surface area contributed by atoms with Gasteiger partial charge >= 0.3 is 0 Å². The van der Waals surface area contributed by atoms with Crippen molar-refractivity contribution in [3.8, 4) is 5.75 Å². The van der Waals surface area contributed by atoms with Crippen molar-refractivity contribution in [3.63, 3.8) is 0 Å². The number of carbonyl (C=O) groups excluding carboxylic acids is 1. The predicted octanol–water partition coefficient (Wildman–Crippen LogP) is 3.77. The summed E-state index contributed by atoms with van der Waals surface area (Å²) in [6.45, 7) is 2.71. The lowest BCUT2D eigenvalue weighted by Gasteiger charge is -2.24. The van der Waals surface area contributed by atoms with Gasteiger partial charge in [0.15, 0.2) is 0 Å². The number of hydrogen-bond donors (Lipinski definition) is 1. The number of benzene rings is 3. The van der Waals surface area contributed by atoms with Crippen LogP contribution in [0.25, 0.3) is 0 Å². The lowest BCUT2D eigenvalue weighted by Crippen LogP contribution is -2.33. The van der Waals surface area contributed by atoms with Crippen molar-refractivity contribution < 1.29 is 17.9 Å². The third kappa shape index (κ3) is 6.33. The van der Waals surface area contributed by atoms with Crippen LogP contribution in [-0.2, 0) is 16.6 Å². The van der Waals surface area contributed by atoms with E-state index in [1.807, 2.05) is 61.5 Å². The lowest BCUT2D eigenvalue weighted by atomic mass is 10.1. The predicted molar refractivity (Wildman–Crippen MR) is 123 cm³/mol. The largest absolute Gasteiger partial charge is 0.492 e. The quantitative estimate of drug-likeness (QED) is 0.516. The van der Waals surface area contributed by atoms with Crippen molar-refractivity contribution in [3.05, 3.63) is 95.6 Å². The average molecular weight is 439 g/mol. The van der Waals surface area contributed by atoms with Crippen LogP contribution >= 0.6 is 0 Å². The molecule has 6 nitrogen and oxygen atoms in total. The van der Waals surface area contributed by atoms with Crippen LogP contribution in [0.2, 0.25) is 0 Å². The molecule has 0 fully saturated rings. The molecule has 0 radical (unpaired) electrons. The SMILES string of the molecule is Cc1cccc(OCCNC(=O)c2ccccc2N(Cc2ccccc2)S(C)(=O)=O)c1. The van der Waals surface area contributed by atoms with Crippen LogP contribution in [0, 0.1) is 6.92 Å². The fourth-order valence-electron chi connectivity index (χ4n) is 3.15. The molecule has 0 aromatic heterocycles. The Bertz CT molecular complexity index is 1130. The van der Waals surface area contributed by atoms with E-state index in [0.717, 1.165) is 23.1 Å². The highest BCUT2D eigenvalue weighted by atomic mass is 32.2. The van der Waals surface area contributed by atoms with Gasteiger partial charge in [0.25, 0.3) is 5.91 Å². The molecule has 7 heteroatoms. The Balaban J connectivity index is 1.72. The van der Waals surface area contributed by atoms with Gasteiger partial charge in [0.2, 0.25) is 10.0 Å². The van der Waals surface area contributed by atoms with E-state index in [0.29, 0.717) is 24.4 Å². The van der Waals surface area contributed by atoms with Crippen molar-refractivity contribution in [2.45, 2.75) is 13.5 Å². The summed E-state index contributed by atoms with van der Waals surface area (Å²) < 4.78 is 32.0. The van der Waals surface area contributed by atoms with Gasteiger partial charge in [0.1, 0.15) is 12.4 Å². The van der Waals surface area contributed by atoms with Crippen molar-refractivity contribution in [2.75, 3.05) is 23.7 Å². The fraction of sp³-hybridized carbons (Fsp3) is 0.208. The molecule has 0 aliphatic rings. The Kier molecular flexibility index (Phi) is 7.31.